The first-order valence-corrected chi connectivity index (χ1v) is 9.77. The van der Waals surface area contributed by atoms with Crippen LogP contribution in [0.15, 0.2) is 71.3 Å². The van der Waals surface area contributed by atoms with Crippen molar-refractivity contribution in [2.75, 3.05) is 30.4 Å². The van der Waals surface area contributed by atoms with Crippen LogP contribution < -0.4 is 20.3 Å². The summed E-state index contributed by atoms with van der Waals surface area (Å²) >= 11 is 0. The van der Waals surface area contributed by atoms with Gasteiger partial charge in [-0.3, -0.25) is 9.59 Å². The van der Waals surface area contributed by atoms with E-state index in [2.05, 4.69) is 27.7 Å². The number of rotatable bonds is 6. The average Bonchev–Trinajstić information content (AvgIpc) is 3.45. The highest BCUT2D eigenvalue weighted by Gasteiger charge is 2.29. The highest BCUT2D eigenvalue weighted by atomic mass is 16.5. The number of anilines is 2. The third-order valence-corrected chi connectivity index (χ3v) is 5.16. The van der Waals surface area contributed by atoms with E-state index in [1.165, 1.54) is 5.56 Å². The SMILES string of the molecule is COc1cccc(NC(=O)C(=O)NC[C@@H](c2ccco2)N2CCc3ccccc32)c1. The van der Waals surface area contributed by atoms with Crippen molar-refractivity contribution in [3.05, 3.63) is 78.3 Å². The Morgan fingerprint density at radius 1 is 1.10 bits per heavy atom. The minimum atomic E-state index is -0.733. The Morgan fingerprint density at radius 2 is 1.97 bits per heavy atom. The molecule has 2 N–H and O–H groups in total. The summed E-state index contributed by atoms with van der Waals surface area (Å²) in [4.78, 5) is 27.0. The molecule has 1 aromatic heterocycles. The van der Waals surface area contributed by atoms with E-state index in [4.69, 9.17) is 9.15 Å². The monoisotopic (exact) mass is 405 g/mol. The van der Waals surface area contributed by atoms with Gasteiger partial charge >= 0.3 is 11.8 Å². The zero-order valence-electron chi connectivity index (χ0n) is 16.6. The normalized spacial score (nSPS) is 13.4. The van der Waals surface area contributed by atoms with Gasteiger partial charge < -0.3 is 24.7 Å². The molecular formula is C23H23N3O4. The molecule has 0 saturated carbocycles. The van der Waals surface area contributed by atoms with Crippen molar-refractivity contribution in [3.8, 4) is 5.75 Å². The first-order valence-electron chi connectivity index (χ1n) is 9.77. The molecule has 30 heavy (non-hydrogen) atoms. The van der Waals surface area contributed by atoms with Crippen LogP contribution in [0.5, 0.6) is 5.75 Å². The van der Waals surface area contributed by atoms with Gasteiger partial charge in [-0.05, 0) is 42.3 Å². The number of furan rings is 1. The van der Waals surface area contributed by atoms with Crippen molar-refractivity contribution in [3.63, 3.8) is 0 Å². The molecule has 0 fully saturated rings. The summed E-state index contributed by atoms with van der Waals surface area (Å²) in [5, 5.41) is 5.34. The van der Waals surface area contributed by atoms with Crippen LogP contribution in [-0.4, -0.2) is 32.0 Å². The van der Waals surface area contributed by atoms with E-state index in [1.807, 2.05) is 24.3 Å². The number of methoxy groups -OCH3 is 1. The first kappa shape index (κ1) is 19.6. The van der Waals surface area contributed by atoms with Crippen LogP contribution in [0.1, 0.15) is 17.4 Å². The Labute approximate surface area is 174 Å². The lowest BCUT2D eigenvalue weighted by molar-refractivity contribution is -0.136. The van der Waals surface area contributed by atoms with E-state index in [0.29, 0.717) is 11.4 Å². The van der Waals surface area contributed by atoms with Crippen LogP contribution >= 0.6 is 0 Å². The molecule has 0 radical (unpaired) electrons. The van der Waals surface area contributed by atoms with E-state index in [-0.39, 0.29) is 12.6 Å². The fourth-order valence-electron chi connectivity index (χ4n) is 3.69. The number of benzene rings is 2. The van der Waals surface area contributed by atoms with E-state index in [1.54, 1.807) is 37.6 Å². The standard InChI is InChI=1S/C23H23N3O4/c1-29-18-8-4-7-17(14-18)25-23(28)22(27)24-15-20(21-10-5-13-30-21)26-12-11-16-6-2-3-9-19(16)26/h2-10,13-14,20H,11-12,15H2,1H3,(H,24,27)(H,25,28)/t20-/m0/s1. The summed E-state index contributed by atoms with van der Waals surface area (Å²) in [7, 11) is 1.54. The topological polar surface area (TPSA) is 83.8 Å². The second-order valence-electron chi connectivity index (χ2n) is 7.00. The molecule has 4 rings (SSSR count). The molecule has 7 nitrogen and oxygen atoms in total. The average molecular weight is 405 g/mol. The molecule has 2 heterocycles. The number of ether oxygens (including phenoxy) is 1. The first-order chi connectivity index (χ1) is 14.7. The van der Waals surface area contributed by atoms with Gasteiger partial charge in [0.15, 0.2) is 0 Å². The maximum Gasteiger partial charge on any atom is 0.313 e. The number of nitrogens with one attached hydrogen (secondary N) is 2. The third-order valence-electron chi connectivity index (χ3n) is 5.16. The molecule has 1 aliphatic rings. The summed E-state index contributed by atoms with van der Waals surface area (Å²) in [6.07, 6.45) is 2.54. The number of hydrogen-bond donors (Lipinski definition) is 2. The Balaban J connectivity index is 1.44. The molecule has 0 unspecified atom stereocenters. The summed E-state index contributed by atoms with van der Waals surface area (Å²) in [5.41, 5.74) is 2.87. The van der Waals surface area contributed by atoms with Crippen LogP contribution in [0.2, 0.25) is 0 Å². The highest BCUT2D eigenvalue weighted by Crippen LogP contribution is 2.34. The van der Waals surface area contributed by atoms with Crippen LogP contribution in [0, 0.1) is 0 Å². The Morgan fingerprint density at radius 3 is 2.77 bits per heavy atom. The molecule has 3 aromatic rings. The summed E-state index contributed by atoms with van der Waals surface area (Å²) in [6, 6.07) is 18.5. The van der Waals surface area contributed by atoms with Gasteiger partial charge in [-0.2, -0.15) is 0 Å². The summed E-state index contributed by atoms with van der Waals surface area (Å²) in [5.74, 6) is -0.107. The lowest BCUT2D eigenvalue weighted by atomic mass is 10.1. The molecule has 0 saturated heterocycles. The predicted molar refractivity (Wildman–Crippen MR) is 114 cm³/mol. The fraction of sp³-hybridized carbons (Fsp3) is 0.217. The van der Waals surface area contributed by atoms with E-state index in [9.17, 15) is 9.59 Å². The largest absolute Gasteiger partial charge is 0.497 e. The molecule has 0 bridgehead atoms. The van der Waals surface area contributed by atoms with Gasteiger partial charge in [-0.25, -0.2) is 0 Å². The molecule has 2 aromatic carbocycles. The molecule has 0 aliphatic carbocycles. The number of amides is 2. The molecule has 154 valence electrons. The van der Waals surface area contributed by atoms with Crippen LogP contribution in [0.3, 0.4) is 0 Å². The quantitative estimate of drug-likeness (QED) is 0.616. The fourth-order valence-corrected chi connectivity index (χ4v) is 3.69. The minimum absolute atomic E-state index is 0.211. The minimum Gasteiger partial charge on any atom is -0.497 e. The number of carbonyl (C=O) groups is 2. The number of fused-ring (bicyclic) bond motifs is 1. The van der Waals surface area contributed by atoms with Gasteiger partial charge in [-0.1, -0.05) is 24.3 Å². The smallest absolute Gasteiger partial charge is 0.313 e. The molecule has 2 amide bonds. The van der Waals surface area contributed by atoms with Crippen LogP contribution in [0.4, 0.5) is 11.4 Å². The van der Waals surface area contributed by atoms with Gasteiger partial charge in [-0.15, -0.1) is 0 Å². The number of hydrogen-bond acceptors (Lipinski definition) is 5. The Bertz CT molecular complexity index is 1030. The number of para-hydroxylation sites is 1. The van der Waals surface area contributed by atoms with Gasteiger partial charge in [0, 0.05) is 30.5 Å². The third kappa shape index (κ3) is 4.15. The molecule has 1 aliphatic heterocycles. The van der Waals surface area contributed by atoms with Crippen molar-refractivity contribution in [2.45, 2.75) is 12.5 Å². The van der Waals surface area contributed by atoms with Gasteiger partial charge in [0.05, 0.1) is 13.4 Å². The number of carbonyl (C=O) groups excluding carboxylic acids is 2. The maximum atomic E-state index is 12.4. The molecule has 1 atom stereocenters. The summed E-state index contributed by atoms with van der Waals surface area (Å²) in [6.45, 7) is 1.06. The van der Waals surface area contributed by atoms with Crippen LogP contribution in [0.25, 0.3) is 0 Å². The molecule has 7 heteroatoms. The van der Waals surface area contributed by atoms with Crippen molar-refractivity contribution in [1.29, 1.82) is 0 Å². The van der Waals surface area contributed by atoms with E-state index in [0.717, 1.165) is 24.4 Å². The lowest BCUT2D eigenvalue weighted by Gasteiger charge is -2.29. The zero-order chi connectivity index (χ0) is 20.9. The van der Waals surface area contributed by atoms with Crippen molar-refractivity contribution < 1.29 is 18.7 Å². The van der Waals surface area contributed by atoms with Crippen molar-refractivity contribution >= 4 is 23.2 Å². The molecule has 0 spiro atoms. The number of nitrogens with zero attached hydrogens (tertiary/aromatic N) is 1. The maximum absolute atomic E-state index is 12.4. The second kappa shape index (κ2) is 8.73. The van der Waals surface area contributed by atoms with Crippen LogP contribution in [-0.2, 0) is 16.0 Å². The van der Waals surface area contributed by atoms with E-state index >= 15 is 0 Å². The molecular weight excluding hydrogens is 382 g/mol. The predicted octanol–water partition coefficient (Wildman–Crippen LogP) is 3.15. The van der Waals surface area contributed by atoms with E-state index < -0.39 is 11.8 Å². The zero-order valence-corrected chi connectivity index (χ0v) is 16.6. The van der Waals surface area contributed by atoms with Gasteiger partial charge in [0.25, 0.3) is 0 Å². The summed E-state index contributed by atoms with van der Waals surface area (Å²) < 4.78 is 10.8. The van der Waals surface area contributed by atoms with Gasteiger partial charge in [0.2, 0.25) is 0 Å². The Kier molecular flexibility index (Phi) is 5.70. The highest BCUT2D eigenvalue weighted by molar-refractivity contribution is 6.39. The lowest BCUT2D eigenvalue weighted by Crippen LogP contribution is -2.41. The Hall–Kier alpha value is -3.74. The van der Waals surface area contributed by atoms with Gasteiger partial charge in [0.1, 0.15) is 17.6 Å². The van der Waals surface area contributed by atoms with Crippen molar-refractivity contribution in [1.82, 2.24) is 5.32 Å². The van der Waals surface area contributed by atoms with Crippen molar-refractivity contribution in [2.24, 2.45) is 0 Å². The second-order valence-corrected chi connectivity index (χ2v) is 7.00.